The van der Waals surface area contributed by atoms with Crippen molar-refractivity contribution in [2.24, 2.45) is 0 Å². The van der Waals surface area contributed by atoms with E-state index in [4.69, 9.17) is 4.74 Å². The molecule has 2 aromatic rings. The molecule has 2 aliphatic rings. The average molecular weight is 487 g/mol. The fourth-order valence-electron chi connectivity index (χ4n) is 4.35. The maximum atomic E-state index is 13.1. The monoisotopic (exact) mass is 486 g/mol. The molecule has 10 heteroatoms. The summed E-state index contributed by atoms with van der Waals surface area (Å²) in [6, 6.07) is 11.6. The Hall–Kier alpha value is -2.95. The number of carbonyl (C=O) groups is 2. The third-order valence-corrected chi connectivity index (χ3v) is 8.15. The minimum atomic E-state index is -3.57. The lowest BCUT2D eigenvalue weighted by Crippen LogP contribution is -2.51. The summed E-state index contributed by atoms with van der Waals surface area (Å²) < 4.78 is 32.8. The van der Waals surface area contributed by atoms with Gasteiger partial charge < -0.3 is 10.1 Å². The maximum absolute atomic E-state index is 13.1. The van der Waals surface area contributed by atoms with Crippen LogP contribution in [0.15, 0.2) is 47.4 Å². The topological polar surface area (TPSA) is 108 Å². The van der Waals surface area contributed by atoms with Gasteiger partial charge in [-0.3, -0.25) is 15.0 Å². The summed E-state index contributed by atoms with van der Waals surface area (Å²) in [6.45, 7) is 1.44. The molecule has 3 amide bonds. The summed E-state index contributed by atoms with van der Waals surface area (Å²) in [5.41, 5.74) is 2.92. The lowest BCUT2D eigenvalue weighted by Gasteiger charge is -2.33. The Morgan fingerprint density at radius 2 is 1.62 bits per heavy atom. The normalized spacial score (nSPS) is 17.0. The van der Waals surface area contributed by atoms with E-state index < -0.39 is 22.0 Å². The number of nitrogens with zero attached hydrogens (tertiary/aromatic N) is 2. The van der Waals surface area contributed by atoms with E-state index in [-0.39, 0.29) is 6.54 Å². The van der Waals surface area contributed by atoms with Gasteiger partial charge >= 0.3 is 6.03 Å². The number of nitrogens with one attached hydrogen (secondary N) is 2. The van der Waals surface area contributed by atoms with Crippen LogP contribution in [0, 0.1) is 0 Å². The molecule has 182 valence electrons. The van der Waals surface area contributed by atoms with Gasteiger partial charge in [0.15, 0.2) is 0 Å². The van der Waals surface area contributed by atoms with Gasteiger partial charge in [-0.05, 0) is 73.2 Å². The standard InChI is InChI=1S/C24H30N4O5S/c1-33-21-9-7-20(8-10-21)25-24(30)26-23(29)17-27-12-14-28(15-13-27)34(31,32)22-11-6-18-4-2-3-5-19(18)16-22/h6-11,16H,2-5,12-15,17H2,1H3,(H2,25,26,29,30). The number of benzene rings is 2. The quantitative estimate of drug-likeness (QED) is 0.648. The summed E-state index contributed by atoms with van der Waals surface area (Å²) in [5.74, 6) is 0.215. The van der Waals surface area contributed by atoms with E-state index in [9.17, 15) is 18.0 Å². The lowest BCUT2D eigenvalue weighted by molar-refractivity contribution is -0.121. The first-order chi connectivity index (χ1) is 16.3. The highest BCUT2D eigenvalue weighted by molar-refractivity contribution is 7.89. The van der Waals surface area contributed by atoms with Crippen LogP contribution in [0.2, 0.25) is 0 Å². The van der Waals surface area contributed by atoms with Gasteiger partial charge in [-0.2, -0.15) is 4.31 Å². The Morgan fingerprint density at radius 3 is 2.29 bits per heavy atom. The predicted molar refractivity (Wildman–Crippen MR) is 128 cm³/mol. The smallest absolute Gasteiger partial charge is 0.325 e. The third kappa shape index (κ3) is 5.75. The van der Waals surface area contributed by atoms with Gasteiger partial charge in [0.1, 0.15) is 5.75 Å². The first kappa shape index (κ1) is 24.2. The van der Waals surface area contributed by atoms with Crippen molar-refractivity contribution in [3.8, 4) is 5.75 Å². The molecule has 1 saturated heterocycles. The summed E-state index contributed by atoms with van der Waals surface area (Å²) in [5, 5.41) is 4.90. The molecule has 1 aliphatic heterocycles. The van der Waals surface area contributed by atoms with E-state index >= 15 is 0 Å². The maximum Gasteiger partial charge on any atom is 0.325 e. The van der Waals surface area contributed by atoms with Crippen molar-refractivity contribution in [1.29, 1.82) is 0 Å². The van der Waals surface area contributed by atoms with Crippen molar-refractivity contribution >= 4 is 27.6 Å². The molecule has 2 N–H and O–H groups in total. The van der Waals surface area contributed by atoms with E-state index in [2.05, 4.69) is 10.6 Å². The van der Waals surface area contributed by atoms with Crippen LogP contribution >= 0.6 is 0 Å². The van der Waals surface area contributed by atoms with Gasteiger partial charge in [-0.1, -0.05) is 6.07 Å². The summed E-state index contributed by atoms with van der Waals surface area (Å²) in [4.78, 5) is 26.5. The highest BCUT2D eigenvalue weighted by Gasteiger charge is 2.30. The van der Waals surface area contributed by atoms with Gasteiger partial charge in [0.25, 0.3) is 0 Å². The Kier molecular flexibility index (Phi) is 7.50. The number of sulfonamides is 1. The fourth-order valence-corrected chi connectivity index (χ4v) is 5.83. The molecule has 34 heavy (non-hydrogen) atoms. The molecule has 0 aromatic heterocycles. The zero-order chi connectivity index (χ0) is 24.1. The number of imide groups is 1. The Balaban J connectivity index is 1.26. The number of ether oxygens (including phenoxy) is 1. The SMILES string of the molecule is COc1ccc(NC(=O)NC(=O)CN2CCN(S(=O)(=O)c3ccc4c(c3)CCCC4)CC2)cc1. The van der Waals surface area contributed by atoms with E-state index in [1.807, 2.05) is 17.0 Å². The van der Waals surface area contributed by atoms with Crippen molar-refractivity contribution in [3.63, 3.8) is 0 Å². The fraction of sp³-hybridized carbons (Fsp3) is 0.417. The molecular weight excluding hydrogens is 456 g/mol. The number of rotatable bonds is 6. The van der Waals surface area contributed by atoms with Crippen LogP contribution in [0.3, 0.4) is 0 Å². The van der Waals surface area contributed by atoms with Crippen LogP contribution in [0.25, 0.3) is 0 Å². The first-order valence-electron chi connectivity index (χ1n) is 11.4. The molecule has 2 aromatic carbocycles. The average Bonchev–Trinajstić information content (AvgIpc) is 2.84. The van der Waals surface area contributed by atoms with Gasteiger partial charge in [0.05, 0.1) is 18.6 Å². The molecule has 9 nitrogen and oxygen atoms in total. The van der Waals surface area contributed by atoms with E-state index in [0.29, 0.717) is 42.5 Å². The number of aryl methyl sites for hydroxylation is 2. The Bertz CT molecular complexity index is 1140. The number of hydrogen-bond acceptors (Lipinski definition) is 6. The van der Waals surface area contributed by atoms with Crippen molar-refractivity contribution in [2.45, 2.75) is 30.6 Å². The highest BCUT2D eigenvalue weighted by atomic mass is 32.2. The van der Waals surface area contributed by atoms with Crippen LogP contribution in [-0.2, 0) is 27.7 Å². The Labute approximate surface area is 200 Å². The number of hydrogen-bond donors (Lipinski definition) is 2. The summed E-state index contributed by atoms with van der Waals surface area (Å²) >= 11 is 0. The zero-order valence-electron chi connectivity index (χ0n) is 19.2. The second-order valence-electron chi connectivity index (χ2n) is 8.55. The number of carbonyl (C=O) groups excluding carboxylic acids is 2. The molecule has 1 heterocycles. The van der Waals surface area contributed by atoms with E-state index in [0.717, 1.165) is 31.2 Å². The number of amides is 3. The summed E-state index contributed by atoms with van der Waals surface area (Å²) in [6.07, 6.45) is 4.18. The molecule has 0 radical (unpaired) electrons. The van der Waals surface area contributed by atoms with Crippen molar-refractivity contribution in [3.05, 3.63) is 53.6 Å². The van der Waals surface area contributed by atoms with Crippen LogP contribution < -0.4 is 15.4 Å². The van der Waals surface area contributed by atoms with Gasteiger partial charge in [-0.25, -0.2) is 13.2 Å². The molecule has 1 aliphatic carbocycles. The van der Waals surface area contributed by atoms with Crippen molar-refractivity contribution < 1.29 is 22.7 Å². The second-order valence-corrected chi connectivity index (χ2v) is 10.5. The number of methoxy groups -OCH3 is 1. The molecule has 0 unspecified atom stereocenters. The van der Waals surface area contributed by atoms with Crippen LogP contribution in [0.4, 0.5) is 10.5 Å². The van der Waals surface area contributed by atoms with Gasteiger partial charge in [0.2, 0.25) is 15.9 Å². The molecular formula is C24H30N4O5S. The third-order valence-electron chi connectivity index (χ3n) is 6.26. The number of anilines is 1. The predicted octanol–water partition coefficient (Wildman–Crippen LogP) is 2.23. The van der Waals surface area contributed by atoms with Gasteiger partial charge in [-0.15, -0.1) is 0 Å². The van der Waals surface area contributed by atoms with Crippen LogP contribution in [0.1, 0.15) is 24.0 Å². The number of fused-ring (bicyclic) bond motifs is 1. The zero-order valence-corrected chi connectivity index (χ0v) is 20.1. The van der Waals surface area contributed by atoms with E-state index in [1.54, 1.807) is 37.4 Å². The van der Waals surface area contributed by atoms with E-state index in [1.165, 1.54) is 9.87 Å². The largest absolute Gasteiger partial charge is 0.497 e. The first-order valence-corrected chi connectivity index (χ1v) is 12.9. The number of piperazine rings is 1. The minimum absolute atomic E-state index is 0.0166. The molecule has 4 rings (SSSR count). The highest BCUT2D eigenvalue weighted by Crippen LogP contribution is 2.26. The molecule has 1 fully saturated rings. The summed E-state index contributed by atoms with van der Waals surface area (Å²) in [7, 11) is -2.02. The molecule has 0 bridgehead atoms. The van der Waals surface area contributed by atoms with Crippen molar-refractivity contribution in [1.82, 2.24) is 14.5 Å². The number of urea groups is 1. The molecule has 0 saturated carbocycles. The lowest BCUT2D eigenvalue weighted by atomic mass is 9.92. The molecule has 0 spiro atoms. The van der Waals surface area contributed by atoms with Crippen molar-refractivity contribution in [2.75, 3.05) is 45.2 Å². The minimum Gasteiger partial charge on any atom is -0.497 e. The van der Waals surface area contributed by atoms with Crippen LogP contribution in [0.5, 0.6) is 5.75 Å². The Morgan fingerprint density at radius 1 is 0.941 bits per heavy atom. The second kappa shape index (κ2) is 10.5. The molecule has 0 atom stereocenters. The van der Waals surface area contributed by atoms with Gasteiger partial charge in [0, 0.05) is 31.9 Å². The van der Waals surface area contributed by atoms with Crippen LogP contribution in [-0.4, -0.2) is 69.4 Å².